The smallest absolute Gasteiger partial charge is 0.338 e. The Balaban J connectivity index is 1.73. The van der Waals surface area contributed by atoms with Crippen LogP contribution in [0.2, 0.25) is 0 Å². The highest BCUT2D eigenvalue weighted by atomic mass is 16.5. The maximum Gasteiger partial charge on any atom is 0.338 e. The predicted octanol–water partition coefficient (Wildman–Crippen LogP) is 1.12. The van der Waals surface area contributed by atoms with Crippen LogP contribution in [0.25, 0.3) is 0 Å². The van der Waals surface area contributed by atoms with Crippen LogP contribution in [0, 0.1) is 6.92 Å². The van der Waals surface area contributed by atoms with Crippen LogP contribution in [0.4, 0.5) is 0 Å². The Morgan fingerprint density at radius 1 is 1.43 bits per heavy atom. The second-order valence-electron chi connectivity index (χ2n) is 6.04. The molecule has 0 bridgehead atoms. The molecule has 0 radical (unpaired) electrons. The molecule has 0 amide bonds. The highest BCUT2D eigenvalue weighted by Crippen LogP contribution is 2.29. The van der Waals surface area contributed by atoms with E-state index >= 15 is 0 Å². The number of cyclic esters (lactones) is 1. The van der Waals surface area contributed by atoms with Gasteiger partial charge in [-0.2, -0.15) is 0 Å². The number of hydrogen-bond acceptors (Lipinski definition) is 5. The van der Waals surface area contributed by atoms with E-state index < -0.39 is 6.10 Å². The molecule has 1 saturated heterocycles. The monoisotopic (exact) mass is 290 g/mol. The maximum atomic E-state index is 11.5. The summed E-state index contributed by atoms with van der Waals surface area (Å²) in [7, 11) is 0. The van der Waals surface area contributed by atoms with E-state index in [4.69, 9.17) is 10.5 Å². The topological polar surface area (TPSA) is 75.8 Å². The van der Waals surface area contributed by atoms with Gasteiger partial charge in [-0.15, -0.1) is 0 Å². The number of piperidine rings is 1. The van der Waals surface area contributed by atoms with Gasteiger partial charge in [0, 0.05) is 18.2 Å². The molecule has 1 atom stereocenters. The summed E-state index contributed by atoms with van der Waals surface area (Å²) in [6, 6.07) is 3.91. The number of rotatable bonds is 3. The Kier molecular flexibility index (Phi) is 3.97. The molecule has 5 nitrogen and oxygen atoms in total. The van der Waals surface area contributed by atoms with Crippen molar-refractivity contribution in [2.45, 2.75) is 38.5 Å². The van der Waals surface area contributed by atoms with Crippen LogP contribution >= 0.6 is 0 Å². The zero-order chi connectivity index (χ0) is 15.0. The summed E-state index contributed by atoms with van der Waals surface area (Å²) in [5.41, 5.74) is 9.31. The average molecular weight is 290 g/mol. The van der Waals surface area contributed by atoms with Gasteiger partial charge in [-0.05, 0) is 50.0 Å². The van der Waals surface area contributed by atoms with Crippen LogP contribution in [0.1, 0.15) is 46.0 Å². The van der Waals surface area contributed by atoms with Gasteiger partial charge in [0.25, 0.3) is 0 Å². The van der Waals surface area contributed by atoms with E-state index in [1.165, 1.54) is 0 Å². The first-order valence-electron chi connectivity index (χ1n) is 7.51. The minimum absolute atomic E-state index is 0.265. The molecule has 1 fully saturated rings. The van der Waals surface area contributed by atoms with E-state index in [1.807, 2.05) is 13.0 Å². The van der Waals surface area contributed by atoms with Crippen molar-refractivity contribution < 1.29 is 14.6 Å². The van der Waals surface area contributed by atoms with Gasteiger partial charge in [0.15, 0.2) is 0 Å². The largest absolute Gasteiger partial charge is 0.457 e. The summed E-state index contributed by atoms with van der Waals surface area (Å²) >= 11 is 0. The van der Waals surface area contributed by atoms with Gasteiger partial charge < -0.3 is 20.5 Å². The van der Waals surface area contributed by atoms with Crippen LogP contribution in [0.3, 0.4) is 0 Å². The molecule has 0 aromatic heterocycles. The lowest BCUT2D eigenvalue weighted by Gasteiger charge is -2.32. The number of nitrogens with two attached hydrogens (primary N) is 1. The number of ether oxygens (including phenoxy) is 1. The molecule has 0 spiro atoms. The van der Waals surface area contributed by atoms with Crippen LogP contribution in [-0.2, 0) is 11.3 Å². The van der Waals surface area contributed by atoms with Gasteiger partial charge >= 0.3 is 5.97 Å². The molecule has 1 aromatic rings. The molecular weight excluding hydrogens is 268 g/mol. The van der Waals surface area contributed by atoms with Gasteiger partial charge in [0.1, 0.15) is 6.61 Å². The van der Waals surface area contributed by atoms with E-state index in [1.54, 1.807) is 6.07 Å². The number of fused-ring (bicyclic) bond motifs is 1. The Hall–Kier alpha value is -1.43. The standard InChI is InChI=1S/C16H22N2O3/c1-10-12(2-3-13-14(10)9-21-16(13)20)15(19)8-18-6-4-11(17)5-7-18/h2-3,11,15,19H,4-9,17H2,1H3. The third-order valence-electron chi connectivity index (χ3n) is 4.63. The van der Waals surface area contributed by atoms with E-state index in [0.29, 0.717) is 24.8 Å². The number of likely N-dealkylation sites (tertiary alicyclic amines) is 1. The molecule has 3 rings (SSSR count). The molecule has 0 saturated carbocycles. The van der Waals surface area contributed by atoms with Crippen LogP contribution in [0.15, 0.2) is 12.1 Å². The summed E-state index contributed by atoms with van der Waals surface area (Å²) in [6.45, 7) is 4.75. The van der Waals surface area contributed by atoms with Gasteiger partial charge in [-0.3, -0.25) is 0 Å². The number of aliphatic hydroxyl groups excluding tert-OH is 1. The molecule has 0 aliphatic carbocycles. The van der Waals surface area contributed by atoms with E-state index in [9.17, 15) is 9.90 Å². The highest BCUT2D eigenvalue weighted by molar-refractivity contribution is 5.93. The van der Waals surface area contributed by atoms with Crippen molar-refractivity contribution >= 4 is 5.97 Å². The van der Waals surface area contributed by atoms with Crippen molar-refractivity contribution in [3.8, 4) is 0 Å². The molecule has 3 N–H and O–H groups in total. The number of carbonyl (C=O) groups excluding carboxylic acids is 1. The van der Waals surface area contributed by atoms with Crippen molar-refractivity contribution in [2.75, 3.05) is 19.6 Å². The third-order valence-corrected chi connectivity index (χ3v) is 4.63. The highest BCUT2D eigenvalue weighted by Gasteiger charge is 2.26. The number of benzene rings is 1. The first-order chi connectivity index (χ1) is 10.1. The molecule has 1 aromatic carbocycles. The normalized spacial score (nSPS) is 21.2. The zero-order valence-electron chi connectivity index (χ0n) is 12.3. The minimum Gasteiger partial charge on any atom is -0.457 e. The quantitative estimate of drug-likeness (QED) is 0.816. The van der Waals surface area contributed by atoms with Crippen LogP contribution < -0.4 is 5.73 Å². The Bertz CT molecular complexity index is 551. The molecule has 1 unspecified atom stereocenters. The van der Waals surface area contributed by atoms with Gasteiger partial charge in [-0.1, -0.05) is 6.07 Å². The number of hydrogen-bond donors (Lipinski definition) is 2. The average Bonchev–Trinajstić information content (AvgIpc) is 2.84. The molecule has 2 aliphatic heterocycles. The number of β-amino-alcohol motifs (C(OH)–C–C–N with tert-alkyl or cyclic N) is 1. The van der Waals surface area contributed by atoms with Gasteiger partial charge in [0.05, 0.1) is 11.7 Å². The SMILES string of the molecule is Cc1c(C(O)CN2CCC(N)CC2)ccc2c1COC2=O. The second-order valence-corrected chi connectivity index (χ2v) is 6.04. The summed E-state index contributed by atoms with van der Waals surface area (Å²) in [6.07, 6.45) is 1.43. The lowest BCUT2D eigenvalue weighted by atomic mass is 9.95. The van der Waals surface area contributed by atoms with Gasteiger partial charge in [0.2, 0.25) is 0 Å². The number of nitrogens with zero attached hydrogens (tertiary/aromatic N) is 1. The summed E-state index contributed by atoms with van der Waals surface area (Å²) < 4.78 is 5.06. The fourth-order valence-corrected chi connectivity index (χ4v) is 3.21. The van der Waals surface area contributed by atoms with E-state index in [-0.39, 0.29) is 5.97 Å². The predicted molar refractivity (Wildman–Crippen MR) is 78.9 cm³/mol. The van der Waals surface area contributed by atoms with Gasteiger partial charge in [-0.25, -0.2) is 4.79 Å². The lowest BCUT2D eigenvalue weighted by molar-refractivity contribution is 0.0535. The van der Waals surface area contributed by atoms with Crippen LogP contribution in [-0.4, -0.2) is 41.7 Å². The van der Waals surface area contributed by atoms with Crippen molar-refractivity contribution in [3.63, 3.8) is 0 Å². The zero-order valence-corrected chi connectivity index (χ0v) is 12.3. The fraction of sp³-hybridized carbons (Fsp3) is 0.562. The Labute approximate surface area is 124 Å². The first kappa shape index (κ1) is 14.5. The molecule has 2 aliphatic rings. The van der Waals surface area contributed by atoms with Crippen molar-refractivity contribution in [1.82, 2.24) is 4.90 Å². The third kappa shape index (κ3) is 2.81. The number of aliphatic hydroxyl groups is 1. The van der Waals surface area contributed by atoms with E-state index in [2.05, 4.69) is 4.90 Å². The molecule has 114 valence electrons. The maximum absolute atomic E-state index is 11.5. The second kappa shape index (κ2) is 5.75. The first-order valence-corrected chi connectivity index (χ1v) is 7.51. The summed E-state index contributed by atoms with van der Waals surface area (Å²) in [5, 5.41) is 10.5. The van der Waals surface area contributed by atoms with Crippen molar-refractivity contribution in [2.24, 2.45) is 5.73 Å². The number of esters is 1. The molecular formula is C16H22N2O3. The van der Waals surface area contributed by atoms with Crippen LogP contribution in [0.5, 0.6) is 0 Å². The molecule has 21 heavy (non-hydrogen) atoms. The Morgan fingerprint density at radius 2 is 2.14 bits per heavy atom. The molecule has 5 heteroatoms. The Morgan fingerprint density at radius 3 is 2.86 bits per heavy atom. The van der Waals surface area contributed by atoms with E-state index in [0.717, 1.165) is 42.6 Å². The minimum atomic E-state index is -0.541. The summed E-state index contributed by atoms with van der Waals surface area (Å²) in [5.74, 6) is -0.265. The van der Waals surface area contributed by atoms with Crippen molar-refractivity contribution in [3.05, 3.63) is 34.4 Å². The lowest BCUT2D eigenvalue weighted by Crippen LogP contribution is -2.41. The fourth-order valence-electron chi connectivity index (χ4n) is 3.21. The summed E-state index contributed by atoms with van der Waals surface area (Å²) in [4.78, 5) is 13.8. The number of carbonyl (C=O) groups is 1. The molecule has 2 heterocycles. The van der Waals surface area contributed by atoms with Crippen molar-refractivity contribution in [1.29, 1.82) is 0 Å².